The quantitative estimate of drug-likeness (QED) is 0.599. The Balaban J connectivity index is 4.32. The summed E-state index contributed by atoms with van der Waals surface area (Å²) in [6, 6.07) is 0. The maximum Gasteiger partial charge on any atom is 0.371 e. The van der Waals surface area contributed by atoms with Crippen LogP contribution in [0.1, 0.15) is 47.5 Å². The van der Waals surface area contributed by atoms with Crippen LogP contribution in [0.25, 0.3) is 0 Å². The molecule has 0 N–H and O–H groups in total. The van der Waals surface area contributed by atoms with Gasteiger partial charge in [0, 0.05) is 4.65 Å². The van der Waals surface area contributed by atoms with Gasteiger partial charge >= 0.3 is 14.1 Å². The maximum absolute atomic E-state index is 11.4. The highest BCUT2D eigenvalue weighted by molar-refractivity contribution is 6.91. The molecule has 0 aliphatic heterocycles. The topological polar surface area (TPSA) is 17.1 Å². The van der Waals surface area contributed by atoms with Crippen LogP contribution in [0.4, 0.5) is 0 Å². The fourth-order valence-electron chi connectivity index (χ4n) is 1.87. The molecule has 1 nitrogen and oxygen atoms in total. The summed E-state index contributed by atoms with van der Waals surface area (Å²) in [5, 5.41) is 0. The average molecular weight is 184 g/mol. The zero-order valence-corrected chi connectivity index (χ0v) is 10.2. The van der Waals surface area contributed by atoms with E-state index in [-0.39, 0.29) is 0 Å². The van der Waals surface area contributed by atoms with E-state index < -0.39 is 14.1 Å². The summed E-state index contributed by atoms with van der Waals surface area (Å²) < 4.78 is 1.86. The zero-order chi connectivity index (χ0) is 9.72. The molecule has 2 heteroatoms. The van der Waals surface area contributed by atoms with Crippen molar-refractivity contribution in [1.29, 1.82) is 0 Å². The second-order valence-corrected chi connectivity index (χ2v) is 8.05. The van der Waals surface area contributed by atoms with Gasteiger partial charge in [-0.1, -0.05) is 50.1 Å². The third kappa shape index (κ3) is 3.29. The van der Waals surface area contributed by atoms with Gasteiger partial charge in [-0.2, -0.15) is 0 Å². The Morgan fingerprint density at radius 1 is 1.17 bits per heavy atom. The van der Waals surface area contributed by atoms with Gasteiger partial charge in [0.2, 0.25) is 0 Å². The highest BCUT2D eigenvalue weighted by Crippen LogP contribution is 2.26. The minimum atomic E-state index is -1.13. The first-order valence-corrected chi connectivity index (χ1v) is 6.96. The van der Waals surface area contributed by atoms with Crippen molar-refractivity contribution >= 4 is 18.8 Å². The molecule has 0 rings (SSSR count). The van der Waals surface area contributed by atoms with E-state index in [2.05, 4.69) is 27.7 Å². The number of carbonyl (C=O) groups is 1. The average Bonchev–Trinajstić information content (AvgIpc) is 2.03. The molecule has 70 valence electrons. The van der Waals surface area contributed by atoms with Gasteiger partial charge in [0.05, 0.1) is 0 Å². The van der Waals surface area contributed by atoms with Crippen LogP contribution in [-0.2, 0) is 4.79 Å². The molecule has 0 bridgehead atoms. The zero-order valence-electron chi connectivity index (χ0n) is 9.05. The summed E-state index contributed by atoms with van der Waals surface area (Å²) in [6.45, 7) is 10.6. The largest absolute Gasteiger partial charge is 0.371 e. The molecular formula is C10H21AlO. The molecule has 0 aromatic heterocycles. The van der Waals surface area contributed by atoms with E-state index in [1.54, 1.807) is 6.92 Å². The van der Waals surface area contributed by atoms with Crippen molar-refractivity contribution in [2.45, 2.75) is 57.0 Å². The summed E-state index contributed by atoms with van der Waals surface area (Å²) in [6.07, 6.45) is 2.33. The molecule has 0 spiro atoms. The fraction of sp³-hybridized carbons (Fsp3) is 0.900. The second-order valence-electron chi connectivity index (χ2n) is 3.91. The highest BCUT2D eigenvalue weighted by atomic mass is 27.2. The Bertz CT molecular complexity index is 135. The van der Waals surface area contributed by atoms with Gasteiger partial charge in [-0.25, -0.2) is 0 Å². The first-order valence-electron chi connectivity index (χ1n) is 5.04. The highest BCUT2D eigenvalue weighted by Gasteiger charge is 2.33. The van der Waals surface area contributed by atoms with Crippen LogP contribution < -0.4 is 0 Å². The monoisotopic (exact) mass is 184 g/mol. The first-order chi connectivity index (χ1) is 5.54. The predicted molar refractivity (Wildman–Crippen MR) is 55.9 cm³/mol. The lowest BCUT2D eigenvalue weighted by molar-refractivity contribution is -0.110. The molecule has 0 radical (unpaired) electrons. The molecule has 0 saturated carbocycles. The molecule has 0 aromatic carbocycles. The molecule has 2 unspecified atom stereocenters. The molecule has 2 atom stereocenters. The number of hydrogen-bond acceptors (Lipinski definition) is 1. The smallest absolute Gasteiger partial charge is 0.321 e. The molecule has 12 heavy (non-hydrogen) atoms. The Morgan fingerprint density at radius 2 is 1.50 bits per heavy atom. The summed E-state index contributed by atoms with van der Waals surface area (Å²) in [7, 11) is 0. The molecule has 0 heterocycles. The Morgan fingerprint density at radius 3 is 1.67 bits per heavy atom. The van der Waals surface area contributed by atoms with Crippen LogP contribution in [0.2, 0.25) is 9.56 Å². The van der Waals surface area contributed by atoms with E-state index in [0.717, 1.165) is 0 Å². The van der Waals surface area contributed by atoms with Crippen LogP contribution in [0.5, 0.6) is 0 Å². The first kappa shape index (κ1) is 12.2. The van der Waals surface area contributed by atoms with Gasteiger partial charge in [-0.3, -0.25) is 0 Å². The Labute approximate surface area is 80.9 Å². The molecule has 0 aliphatic rings. The van der Waals surface area contributed by atoms with Crippen molar-refractivity contribution in [2.75, 3.05) is 0 Å². The second kappa shape index (κ2) is 5.78. The standard InChI is InChI=1S/2C4H9.C2H3O.Al/c2*1-3-4-2;1-2-3;/h2*3H,4H2,1-2H3;1H3;. The van der Waals surface area contributed by atoms with Crippen molar-refractivity contribution in [1.82, 2.24) is 0 Å². The lowest BCUT2D eigenvalue weighted by atomic mass is 10.3. The predicted octanol–water partition coefficient (Wildman–Crippen LogP) is 3.21. The normalized spacial score (nSPS) is 15.4. The van der Waals surface area contributed by atoms with Gasteiger partial charge in [-0.05, 0) is 6.92 Å². The SMILES string of the molecule is CC[CH](C)[Al]([C](C)=O)[CH](C)CC. The summed E-state index contributed by atoms with van der Waals surface area (Å²) in [5.41, 5.74) is 0. The number of rotatable bonds is 5. The molecule has 0 aliphatic carbocycles. The molecule has 0 saturated heterocycles. The van der Waals surface area contributed by atoms with Crippen molar-refractivity contribution in [3.05, 3.63) is 0 Å². The summed E-state index contributed by atoms with van der Waals surface area (Å²) in [4.78, 5) is 11.4. The molecule has 0 fully saturated rings. The Kier molecular flexibility index (Phi) is 5.88. The van der Waals surface area contributed by atoms with Crippen molar-refractivity contribution < 1.29 is 4.79 Å². The van der Waals surface area contributed by atoms with Crippen LogP contribution in [0.3, 0.4) is 0 Å². The minimum Gasteiger partial charge on any atom is -0.321 e. The van der Waals surface area contributed by atoms with Crippen molar-refractivity contribution in [3.63, 3.8) is 0 Å². The fourth-order valence-corrected chi connectivity index (χ4v) is 5.61. The third-order valence-electron chi connectivity index (χ3n) is 2.98. The van der Waals surface area contributed by atoms with E-state index in [1.807, 2.05) is 0 Å². The Hall–Kier alpha value is 0.202. The van der Waals surface area contributed by atoms with Gasteiger partial charge in [-0.15, -0.1) is 0 Å². The lowest BCUT2D eigenvalue weighted by Gasteiger charge is -2.20. The molecule has 0 amide bonds. The lowest BCUT2D eigenvalue weighted by Crippen LogP contribution is -2.31. The maximum atomic E-state index is 11.4. The van der Waals surface area contributed by atoms with E-state index >= 15 is 0 Å². The van der Waals surface area contributed by atoms with Crippen molar-refractivity contribution in [3.8, 4) is 0 Å². The van der Waals surface area contributed by atoms with Crippen LogP contribution in [-0.4, -0.2) is 18.8 Å². The summed E-state index contributed by atoms with van der Waals surface area (Å²) >= 11 is -1.13. The van der Waals surface area contributed by atoms with Crippen LogP contribution >= 0.6 is 0 Å². The molecular weight excluding hydrogens is 163 g/mol. The van der Waals surface area contributed by atoms with E-state index in [9.17, 15) is 4.79 Å². The van der Waals surface area contributed by atoms with Gasteiger partial charge in [0.15, 0.2) is 0 Å². The molecule has 0 aromatic rings. The summed E-state index contributed by atoms with van der Waals surface area (Å²) in [5.74, 6) is 0. The minimum absolute atomic E-state index is 0.499. The van der Waals surface area contributed by atoms with Crippen LogP contribution in [0.15, 0.2) is 0 Å². The van der Waals surface area contributed by atoms with E-state index in [0.29, 0.717) is 14.2 Å². The van der Waals surface area contributed by atoms with Gasteiger partial charge < -0.3 is 4.79 Å². The van der Waals surface area contributed by atoms with Gasteiger partial charge in [0.1, 0.15) is 0 Å². The van der Waals surface area contributed by atoms with Crippen molar-refractivity contribution in [2.24, 2.45) is 0 Å². The van der Waals surface area contributed by atoms with Crippen LogP contribution in [0, 0.1) is 0 Å². The van der Waals surface area contributed by atoms with Gasteiger partial charge in [0.25, 0.3) is 0 Å². The number of hydrogen-bond donors (Lipinski definition) is 0. The third-order valence-corrected chi connectivity index (χ3v) is 7.32. The number of carbonyl (C=O) groups excluding carboxylic acids is 1. The van der Waals surface area contributed by atoms with E-state index in [4.69, 9.17) is 0 Å². The van der Waals surface area contributed by atoms with E-state index in [1.165, 1.54) is 12.8 Å².